The number of thiophene rings is 1. The van der Waals surface area contributed by atoms with Gasteiger partial charge in [0.05, 0.1) is 5.56 Å². The summed E-state index contributed by atoms with van der Waals surface area (Å²) in [4.78, 5) is 24.9. The number of fused-ring (bicyclic) bond motifs is 1. The highest BCUT2D eigenvalue weighted by atomic mass is 32.1. The van der Waals surface area contributed by atoms with Crippen LogP contribution in [0.4, 0.5) is 5.00 Å². The van der Waals surface area contributed by atoms with Gasteiger partial charge in [0.2, 0.25) is 0 Å². The van der Waals surface area contributed by atoms with E-state index in [1.54, 1.807) is 19.9 Å². The van der Waals surface area contributed by atoms with E-state index in [4.69, 9.17) is 0 Å². The summed E-state index contributed by atoms with van der Waals surface area (Å²) in [6, 6.07) is 14.0. The van der Waals surface area contributed by atoms with Crippen LogP contribution in [-0.4, -0.2) is 17.0 Å². The molecule has 0 fully saturated rings. The summed E-state index contributed by atoms with van der Waals surface area (Å²) in [6.45, 7) is 5.32. The number of carbonyl (C=O) groups excluding carboxylic acids is 1. The van der Waals surface area contributed by atoms with Crippen molar-refractivity contribution in [2.24, 2.45) is 0 Å². The molecule has 0 aliphatic heterocycles. The smallest absolute Gasteiger partial charge is 0.338 e. The molecule has 132 valence electrons. The topological polar surface area (TPSA) is 66.4 Å². The molecule has 0 spiro atoms. The van der Waals surface area contributed by atoms with Crippen molar-refractivity contribution >= 4 is 45.1 Å². The summed E-state index contributed by atoms with van der Waals surface area (Å²) in [6.07, 6.45) is 1.80. The molecule has 1 heterocycles. The zero-order valence-electron chi connectivity index (χ0n) is 14.8. The maximum Gasteiger partial charge on any atom is 0.338 e. The Hall–Kier alpha value is -2.92. The molecule has 1 amide bonds. The lowest BCUT2D eigenvalue weighted by Crippen LogP contribution is -2.14. The number of anilines is 1. The second-order valence-electron chi connectivity index (χ2n) is 6.18. The van der Waals surface area contributed by atoms with Crippen molar-refractivity contribution in [3.05, 3.63) is 69.6 Å². The van der Waals surface area contributed by atoms with Crippen LogP contribution in [-0.2, 0) is 4.79 Å². The molecule has 2 N–H and O–H groups in total. The van der Waals surface area contributed by atoms with E-state index < -0.39 is 5.97 Å². The molecule has 0 aliphatic rings. The number of carboxylic acids is 1. The predicted molar refractivity (Wildman–Crippen MR) is 107 cm³/mol. The maximum absolute atomic E-state index is 12.5. The molecule has 26 heavy (non-hydrogen) atoms. The lowest BCUT2D eigenvalue weighted by molar-refractivity contribution is -0.112. The maximum atomic E-state index is 12.5. The summed E-state index contributed by atoms with van der Waals surface area (Å²) in [5.74, 6) is -1.33. The molecule has 0 saturated carbocycles. The summed E-state index contributed by atoms with van der Waals surface area (Å²) in [5.41, 5.74) is 2.29. The first-order valence-corrected chi connectivity index (χ1v) is 9.00. The molecule has 2 aromatic carbocycles. The number of aryl methyl sites for hydroxylation is 1. The van der Waals surface area contributed by atoms with Gasteiger partial charge in [0.1, 0.15) is 5.00 Å². The van der Waals surface area contributed by atoms with Crippen LogP contribution < -0.4 is 5.32 Å². The van der Waals surface area contributed by atoms with Gasteiger partial charge in [-0.05, 0) is 54.8 Å². The highest BCUT2D eigenvalue weighted by Gasteiger charge is 2.20. The fourth-order valence-electron chi connectivity index (χ4n) is 2.79. The van der Waals surface area contributed by atoms with Crippen molar-refractivity contribution in [1.29, 1.82) is 0 Å². The van der Waals surface area contributed by atoms with Gasteiger partial charge in [0.25, 0.3) is 5.91 Å². The number of rotatable bonds is 4. The molecular formula is C21H19NO3S. The molecule has 5 heteroatoms. The number of hydrogen-bond donors (Lipinski definition) is 2. The van der Waals surface area contributed by atoms with Crippen molar-refractivity contribution in [2.75, 3.05) is 5.32 Å². The second kappa shape index (κ2) is 7.14. The zero-order chi connectivity index (χ0) is 18.8. The number of carbonyl (C=O) groups is 2. The number of hydrogen-bond acceptors (Lipinski definition) is 3. The van der Waals surface area contributed by atoms with Gasteiger partial charge in [0.15, 0.2) is 0 Å². The summed E-state index contributed by atoms with van der Waals surface area (Å²) in [5, 5.41) is 14.8. The first-order valence-electron chi connectivity index (χ1n) is 8.18. The SMILES string of the molecule is CC(=Cc1ccc2ccccc2c1)C(=O)Nc1sc(C)c(C)c1C(=O)O. The van der Waals surface area contributed by atoms with Crippen LogP contribution in [0.3, 0.4) is 0 Å². The number of aromatic carboxylic acids is 1. The minimum atomic E-state index is -1.03. The van der Waals surface area contributed by atoms with Gasteiger partial charge in [-0.3, -0.25) is 4.79 Å². The van der Waals surface area contributed by atoms with Crippen molar-refractivity contribution in [2.45, 2.75) is 20.8 Å². The normalized spacial score (nSPS) is 11.6. The van der Waals surface area contributed by atoms with Crippen molar-refractivity contribution in [1.82, 2.24) is 0 Å². The summed E-state index contributed by atoms with van der Waals surface area (Å²) >= 11 is 1.28. The zero-order valence-corrected chi connectivity index (χ0v) is 15.6. The van der Waals surface area contributed by atoms with E-state index in [1.165, 1.54) is 11.3 Å². The van der Waals surface area contributed by atoms with E-state index in [-0.39, 0.29) is 11.5 Å². The number of carboxylic acid groups (broad SMARTS) is 1. The third-order valence-electron chi connectivity index (χ3n) is 4.34. The Morgan fingerprint density at radius 1 is 1.08 bits per heavy atom. The first kappa shape index (κ1) is 17.9. The third-order valence-corrected chi connectivity index (χ3v) is 5.46. The molecule has 4 nitrogen and oxygen atoms in total. The van der Waals surface area contributed by atoms with Crippen LogP contribution in [0.2, 0.25) is 0 Å². The Labute approximate surface area is 155 Å². The Morgan fingerprint density at radius 3 is 2.46 bits per heavy atom. The molecule has 0 saturated heterocycles. The van der Waals surface area contributed by atoms with E-state index in [0.717, 1.165) is 21.2 Å². The van der Waals surface area contributed by atoms with Crippen molar-refractivity contribution in [3.63, 3.8) is 0 Å². The molecule has 3 rings (SSSR count). The highest BCUT2D eigenvalue weighted by molar-refractivity contribution is 7.16. The largest absolute Gasteiger partial charge is 0.478 e. The molecule has 0 unspecified atom stereocenters. The third kappa shape index (κ3) is 3.53. The van der Waals surface area contributed by atoms with Crippen molar-refractivity contribution in [3.8, 4) is 0 Å². The van der Waals surface area contributed by atoms with Gasteiger partial charge in [-0.2, -0.15) is 0 Å². The lowest BCUT2D eigenvalue weighted by atomic mass is 10.1. The van der Waals surface area contributed by atoms with Crippen LogP contribution in [0, 0.1) is 13.8 Å². The summed E-state index contributed by atoms with van der Waals surface area (Å²) < 4.78 is 0. The van der Waals surface area contributed by atoms with Crippen LogP contribution >= 0.6 is 11.3 Å². The Morgan fingerprint density at radius 2 is 1.77 bits per heavy atom. The summed E-state index contributed by atoms with van der Waals surface area (Å²) in [7, 11) is 0. The molecule has 0 atom stereocenters. The van der Waals surface area contributed by atoms with Gasteiger partial charge < -0.3 is 10.4 Å². The number of nitrogens with one attached hydrogen (secondary N) is 1. The predicted octanol–water partition coefficient (Wildman–Crippen LogP) is 5.26. The molecule has 0 aliphatic carbocycles. The number of amides is 1. The Balaban J connectivity index is 1.86. The quantitative estimate of drug-likeness (QED) is 0.620. The van der Waals surface area contributed by atoms with Crippen LogP contribution in [0.25, 0.3) is 16.8 Å². The van der Waals surface area contributed by atoms with Gasteiger partial charge in [-0.25, -0.2) is 4.79 Å². The average molecular weight is 365 g/mol. The van der Waals surface area contributed by atoms with Crippen LogP contribution in [0.1, 0.15) is 33.3 Å². The molecule has 3 aromatic rings. The van der Waals surface area contributed by atoms with Gasteiger partial charge in [-0.15, -0.1) is 11.3 Å². The fourth-order valence-corrected chi connectivity index (χ4v) is 3.83. The minimum Gasteiger partial charge on any atom is -0.478 e. The van der Waals surface area contributed by atoms with E-state index in [9.17, 15) is 14.7 Å². The molecule has 1 aromatic heterocycles. The Bertz CT molecular complexity index is 1050. The highest BCUT2D eigenvalue weighted by Crippen LogP contribution is 2.32. The first-order chi connectivity index (χ1) is 12.4. The lowest BCUT2D eigenvalue weighted by Gasteiger charge is -2.06. The monoisotopic (exact) mass is 365 g/mol. The van der Waals surface area contributed by atoms with Crippen LogP contribution in [0.5, 0.6) is 0 Å². The second-order valence-corrected chi connectivity index (χ2v) is 7.41. The number of benzene rings is 2. The van der Waals surface area contributed by atoms with E-state index >= 15 is 0 Å². The van der Waals surface area contributed by atoms with Crippen LogP contribution in [0.15, 0.2) is 48.0 Å². The minimum absolute atomic E-state index is 0.166. The standard InChI is InChI=1S/C21H19NO3S/c1-12(10-15-8-9-16-6-4-5-7-17(16)11-15)19(23)22-20-18(21(24)25)13(2)14(3)26-20/h4-11H,1-3H3,(H,22,23)(H,24,25). The Kier molecular flexibility index (Phi) is 4.91. The van der Waals surface area contributed by atoms with Gasteiger partial charge in [-0.1, -0.05) is 36.4 Å². The van der Waals surface area contributed by atoms with Gasteiger partial charge in [0, 0.05) is 10.5 Å². The average Bonchev–Trinajstić information content (AvgIpc) is 2.88. The molecule has 0 radical (unpaired) electrons. The van der Waals surface area contributed by atoms with E-state index in [0.29, 0.717) is 16.1 Å². The van der Waals surface area contributed by atoms with Gasteiger partial charge >= 0.3 is 5.97 Å². The van der Waals surface area contributed by atoms with E-state index in [2.05, 4.69) is 5.32 Å². The van der Waals surface area contributed by atoms with E-state index in [1.807, 2.05) is 49.4 Å². The molecular weight excluding hydrogens is 346 g/mol. The fraction of sp³-hybridized carbons (Fsp3) is 0.143. The van der Waals surface area contributed by atoms with Crippen molar-refractivity contribution < 1.29 is 14.7 Å². The molecule has 0 bridgehead atoms.